The first-order chi connectivity index (χ1) is 10.6. The van der Waals surface area contributed by atoms with Crippen molar-refractivity contribution in [2.75, 3.05) is 11.9 Å². The zero-order chi connectivity index (χ0) is 15.9. The normalized spacial score (nSPS) is 10.3. The Bertz CT molecular complexity index is 632. The number of hydrogen-bond acceptors (Lipinski definition) is 2. The average molecular weight is 297 g/mol. The summed E-state index contributed by atoms with van der Waals surface area (Å²) >= 11 is 0. The highest BCUT2D eigenvalue weighted by Crippen LogP contribution is 2.17. The third-order valence-corrected chi connectivity index (χ3v) is 3.53. The predicted octanol–water partition coefficient (Wildman–Crippen LogP) is 4.27. The summed E-state index contributed by atoms with van der Waals surface area (Å²) in [5.41, 5.74) is 4.32. The summed E-state index contributed by atoms with van der Waals surface area (Å²) in [5, 5.41) is 2.98. The van der Waals surface area contributed by atoms with Gasteiger partial charge >= 0.3 is 0 Å². The molecule has 0 saturated heterocycles. The fraction of sp³-hybridized carbons (Fsp3) is 0.316. The molecule has 0 aliphatic rings. The second kappa shape index (κ2) is 7.64. The lowest BCUT2D eigenvalue weighted by Crippen LogP contribution is -2.13. The van der Waals surface area contributed by atoms with Gasteiger partial charge in [0.15, 0.2) is 0 Å². The molecule has 0 bridgehead atoms. The largest absolute Gasteiger partial charge is 0.494 e. The highest BCUT2D eigenvalue weighted by molar-refractivity contribution is 5.91. The Labute approximate surface area is 132 Å². The number of anilines is 1. The lowest BCUT2D eigenvalue weighted by Gasteiger charge is -2.09. The number of benzene rings is 2. The van der Waals surface area contributed by atoms with Gasteiger partial charge < -0.3 is 10.1 Å². The summed E-state index contributed by atoms with van der Waals surface area (Å²) in [6.45, 7) is 6.68. The predicted molar refractivity (Wildman–Crippen MR) is 90.5 cm³/mol. The van der Waals surface area contributed by atoms with Crippen LogP contribution in [0.5, 0.6) is 5.75 Å². The van der Waals surface area contributed by atoms with Crippen LogP contribution < -0.4 is 10.1 Å². The Morgan fingerprint density at radius 2 is 1.82 bits per heavy atom. The highest BCUT2D eigenvalue weighted by Gasteiger charge is 2.05. The molecule has 0 atom stereocenters. The van der Waals surface area contributed by atoms with Gasteiger partial charge in [-0.25, -0.2) is 0 Å². The molecule has 0 radical (unpaired) electrons. The Kier molecular flexibility index (Phi) is 5.59. The second-order valence-electron chi connectivity index (χ2n) is 5.44. The molecule has 116 valence electrons. The van der Waals surface area contributed by atoms with E-state index in [-0.39, 0.29) is 5.91 Å². The molecule has 0 unspecified atom stereocenters. The average Bonchev–Trinajstić information content (AvgIpc) is 2.50. The zero-order valence-electron chi connectivity index (χ0n) is 13.5. The van der Waals surface area contributed by atoms with Crippen LogP contribution in [0.4, 0.5) is 5.69 Å². The monoisotopic (exact) mass is 297 g/mol. The molecule has 0 fully saturated rings. The van der Waals surface area contributed by atoms with Crippen molar-refractivity contribution in [3.8, 4) is 5.75 Å². The van der Waals surface area contributed by atoms with E-state index in [1.54, 1.807) is 0 Å². The summed E-state index contributed by atoms with van der Waals surface area (Å²) < 4.78 is 5.41. The number of rotatable bonds is 6. The van der Waals surface area contributed by atoms with Gasteiger partial charge in [0.2, 0.25) is 5.91 Å². The van der Waals surface area contributed by atoms with Crippen molar-refractivity contribution in [1.29, 1.82) is 0 Å². The Hall–Kier alpha value is -2.29. The minimum Gasteiger partial charge on any atom is -0.494 e. The second-order valence-corrected chi connectivity index (χ2v) is 5.44. The van der Waals surface area contributed by atoms with Crippen LogP contribution in [0, 0.1) is 13.8 Å². The van der Waals surface area contributed by atoms with Crippen LogP contribution in [0.25, 0.3) is 0 Å². The van der Waals surface area contributed by atoms with Gasteiger partial charge in [-0.2, -0.15) is 0 Å². The molecule has 0 heterocycles. The first-order valence-corrected chi connectivity index (χ1v) is 7.67. The van der Waals surface area contributed by atoms with Crippen LogP contribution in [-0.4, -0.2) is 12.5 Å². The molecule has 2 aromatic carbocycles. The molecule has 1 amide bonds. The van der Waals surface area contributed by atoms with Gasteiger partial charge in [-0.3, -0.25) is 4.79 Å². The summed E-state index contributed by atoms with van der Waals surface area (Å²) in [5.74, 6) is 0.909. The number of nitrogens with one attached hydrogen (secondary N) is 1. The van der Waals surface area contributed by atoms with Gasteiger partial charge in [-0.1, -0.05) is 29.8 Å². The van der Waals surface area contributed by atoms with Crippen molar-refractivity contribution in [2.45, 2.75) is 33.6 Å². The number of carbonyl (C=O) groups is 1. The molecule has 0 aliphatic heterocycles. The number of amides is 1. The number of hydrogen-bond donors (Lipinski definition) is 1. The van der Waals surface area contributed by atoms with Crippen LogP contribution in [0.15, 0.2) is 42.5 Å². The Morgan fingerprint density at radius 3 is 2.45 bits per heavy atom. The van der Waals surface area contributed by atoms with Gasteiger partial charge in [0.05, 0.1) is 6.61 Å². The number of ether oxygens (including phenoxy) is 1. The van der Waals surface area contributed by atoms with E-state index >= 15 is 0 Å². The first kappa shape index (κ1) is 16.1. The molecule has 1 N–H and O–H groups in total. The summed E-state index contributed by atoms with van der Waals surface area (Å²) in [6, 6.07) is 13.9. The maximum absolute atomic E-state index is 12.1. The molecule has 22 heavy (non-hydrogen) atoms. The molecule has 0 aliphatic carbocycles. The first-order valence-electron chi connectivity index (χ1n) is 7.67. The van der Waals surface area contributed by atoms with E-state index in [9.17, 15) is 4.79 Å². The zero-order valence-corrected chi connectivity index (χ0v) is 13.5. The van der Waals surface area contributed by atoms with Crippen molar-refractivity contribution in [3.05, 3.63) is 59.2 Å². The van der Waals surface area contributed by atoms with E-state index in [1.807, 2.05) is 57.2 Å². The lowest BCUT2D eigenvalue weighted by atomic mass is 10.1. The maximum atomic E-state index is 12.1. The van der Waals surface area contributed by atoms with E-state index in [2.05, 4.69) is 11.4 Å². The van der Waals surface area contributed by atoms with Gasteiger partial charge in [0, 0.05) is 12.1 Å². The van der Waals surface area contributed by atoms with E-state index in [0.717, 1.165) is 29.0 Å². The smallest absolute Gasteiger partial charge is 0.224 e. The van der Waals surface area contributed by atoms with Crippen molar-refractivity contribution in [1.82, 2.24) is 0 Å². The third-order valence-electron chi connectivity index (χ3n) is 3.53. The molecule has 0 aromatic heterocycles. The van der Waals surface area contributed by atoms with Crippen molar-refractivity contribution < 1.29 is 9.53 Å². The van der Waals surface area contributed by atoms with Crippen LogP contribution in [0.2, 0.25) is 0 Å². The van der Waals surface area contributed by atoms with Gasteiger partial charge in [-0.15, -0.1) is 0 Å². The van der Waals surface area contributed by atoms with E-state index < -0.39 is 0 Å². The van der Waals surface area contributed by atoms with Crippen molar-refractivity contribution >= 4 is 11.6 Å². The molecule has 2 rings (SSSR count). The molecule has 2 aromatic rings. The summed E-state index contributed by atoms with van der Waals surface area (Å²) in [7, 11) is 0. The minimum absolute atomic E-state index is 0.0424. The Balaban J connectivity index is 1.87. The standard InChI is InChI=1S/C19H23NO2/c1-4-22-17-9-6-16(7-10-17)8-12-19(21)20-18-11-5-14(2)13-15(18)3/h5-7,9-11,13H,4,8,12H2,1-3H3,(H,20,21). The molecule has 0 spiro atoms. The van der Waals surface area contributed by atoms with Gasteiger partial charge in [0.1, 0.15) is 5.75 Å². The fourth-order valence-corrected chi connectivity index (χ4v) is 2.34. The summed E-state index contributed by atoms with van der Waals surface area (Å²) in [6.07, 6.45) is 1.20. The maximum Gasteiger partial charge on any atom is 0.224 e. The van der Waals surface area contributed by atoms with E-state index in [0.29, 0.717) is 13.0 Å². The number of carbonyl (C=O) groups excluding carboxylic acids is 1. The Morgan fingerprint density at radius 1 is 1.09 bits per heavy atom. The van der Waals surface area contributed by atoms with Crippen molar-refractivity contribution in [2.24, 2.45) is 0 Å². The third kappa shape index (κ3) is 4.62. The summed E-state index contributed by atoms with van der Waals surface area (Å²) in [4.78, 5) is 12.1. The van der Waals surface area contributed by atoms with Crippen LogP contribution in [0.1, 0.15) is 30.0 Å². The minimum atomic E-state index is 0.0424. The van der Waals surface area contributed by atoms with Gasteiger partial charge in [-0.05, 0) is 56.5 Å². The van der Waals surface area contributed by atoms with Crippen LogP contribution in [-0.2, 0) is 11.2 Å². The van der Waals surface area contributed by atoms with E-state index in [1.165, 1.54) is 5.56 Å². The number of aryl methyl sites for hydroxylation is 3. The molecule has 3 heteroatoms. The lowest BCUT2D eigenvalue weighted by molar-refractivity contribution is -0.116. The van der Waals surface area contributed by atoms with Gasteiger partial charge in [0.25, 0.3) is 0 Å². The molecule has 0 saturated carbocycles. The van der Waals surface area contributed by atoms with Crippen molar-refractivity contribution in [3.63, 3.8) is 0 Å². The molecular formula is C19H23NO2. The molecular weight excluding hydrogens is 274 g/mol. The SMILES string of the molecule is CCOc1ccc(CCC(=O)Nc2ccc(C)cc2C)cc1. The molecule has 3 nitrogen and oxygen atoms in total. The topological polar surface area (TPSA) is 38.3 Å². The quantitative estimate of drug-likeness (QED) is 0.864. The van der Waals surface area contributed by atoms with Crippen LogP contribution >= 0.6 is 0 Å². The fourth-order valence-electron chi connectivity index (χ4n) is 2.34. The van der Waals surface area contributed by atoms with Crippen LogP contribution in [0.3, 0.4) is 0 Å². The highest BCUT2D eigenvalue weighted by atomic mass is 16.5. The van der Waals surface area contributed by atoms with E-state index in [4.69, 9.17) is 4.74 Å².